The molecular weight excluding hydrogens is 358 g/mol. The lowest BCUT2D eigenvalue weighted by Crippen LogP contribution is -2.47. The van der Waals surface area contributed by atoms with Gasteiger partial charge < -0.3 is 10.2 Å². The zero-order chi connectivity index (χ0) is 19.4. The normalized spacial score (nSPS) is 15.0. The lowest BCUT2D eigenvalue weighted by atomic mass is 10.1. The van der Waals surface area contributed by atoms with Crippen molar-refractivity contribution in [1.29, 1.82) is 0 Å². The van der Waals surface area contributed by atoms with Gasteiger partial charge in [0.2, 0.25) is 5.91 Å². The molecule has 1 fully saturated rings. The average molecular weight is 386 g/mol. The summed E-state index contributed by atoms with van der Waals surface area (Å²) in [6.45, 7) is 10.8. The summed E-state index contributed by atoms with van der Waals surface area (Å²) in [5.74, 6) is 0.0185. The van der Waals surface area contributed by atoms with Crippen LogP contribution in [0.15, 0.2) is 36.4 Å². The molecule has 0 spiro atoms. The third kappa shape index (κ3) is 5.24. The molecule has 1 heterocycles. The van der Waals surface area contributed by atoms with Crippen molar-refractivity contribution < 1.29 is 4.79 Å². The first-order valence-corrected chi connectivity index (χ1v) is 9.91. The Morgan fingerprint density at radius 1 is 1.04 bits per heavy atom. The summed E-state index contributed by atoms with van der Waals surface area (Å²) >= 11 is 6.28. The number of carbonyl (C=O) groups excluding carboxylic acids is 1. The molecule has 1 aliphatic rings. The molecule has 2 aromatic rings. The summed E-state index contributed by atoms with van der Waals surface area (Å²) < 4.78 is 0. The van der Waals surface area contributed by atoms with E-state index in [1.54, 1.807) is 0 Å². The summed E-state index contributed by atoms with van der Waals surface area (Å²) in [5, 5.41) is 3.58. The molecule has 0 aliphatic carbocycles. The molecule has 2 aromatic carbocycles. The highest BCUT2D eigenvalue weighted by Crippen LogP contribution is 2.27. The van der Waals surface area contributed by atoms with Gasteiger partial charge in [-0.05, 0) is 55.7 Å². The standard InChI is InChI=1S/C22H28ClN3O/c1-16-5-4-6-19(14-16)26-11-9-25(10-12-26)8-7-21(27)24-22-18(3)13-17(2)15-20(22)23/h4-6,13-15H,7-12H2,1-3H3,(H,24,27). The number of halogens is 1. The van der Waals surface area contributed by atoms with E-state index in [1.807, 2.05) is 26.0 Å². The lowest BCUT2D eigenvalue weighted by Gasteiger charge is -2.36. The Hall–Kier alpha value is -2.04. The molecule has 3 rings (SSSR count). The molecule has 1 amide bonds. The van der Waals surface area contributed by atoms with E-state index in [0.29, 0.717) is 11.4 Å². The van der Waals surface area contributed by atoms with Crippen LogP contribution in [0.5, 0.6) is 0 Å². The second-order valence-electron chi connectivity index (χ2n) is 7.40. The fourth-order valence-electron chi connectivity index (χ4n) is 3.59. The molecule has 27 heavy (non-hydrogen) atoms. The highest BCUT2D eigenvalue weighted by atomic mass is 35.5. The molecule has 0 saturated carbocycles. The van der Waals surface area contributed by atoms with Crippen LogP contribution in [-0.2, 0) is 4.79 Å². The molecule has 4 nitrogen and oxygen atoms in total. The molecule has 1 aliphatic heterocycles. The van der Waals surface area contributed by atoms with Crippen molar-refractivity contribution in [2.45, 2.75) is 27.2 Å². The third-order valence-corrected chi connectivity index (χ3v) is 5.39. The second kappa shape index (κ2) is 8.77. The third-order valence-electron chi connectivity index (χ3n) is 5.09. The minimum absolute atomic E-state index is 0.0185. The largest absolute Gasteiger partial charge is 0.369 e. The van der Waals surface area contributed by atoms with Crippen LogP contribution in [0.1, 0.15) is 23.1 Å². The van der Waals surface area contributed by atoms with Crippen molar-refractivity contribution in [3.8, 4) is 0 Å². The van der Waals surface area contributed by atoms with Crippen molar-refractivity contribution >= 4 is 28.9 Å². The molecule has 0 bridgehead atoms. The SMILES string of the molecule is Cc1cccc(N2CCN(CCC(=O)Nc3c(C)cc(C)cc3Cl)CC2)c1. The highest BCUT2D eigenvalue weighted by molar-refractivity contribution is 6.34. The van der Waals surface area contributed by atoms with E-state index in [-0.39, 0.29) is 5.91 Å². The number of amides is 1. The number of carbonyl (C=O) groups is 1. The molecule has 5 heteroatoms. The Balaban J connectivity index is 1.47. The van der Waals surface area contributed by atoms with Crippen molar-refractivity contribution in [2.75, 3.05) is 42.9 Å². The van der Waals surface area contributed by atoms with Crippen LogP contribution in [0.25, 0.3) is 0 Å². The summed E-state index contributed by atoms with van der Waals surface area (Å²) in [7, 11) is 0. The van der Waals surface area contributed by atoms with Gasteiger partial charge in [-0.2, -0.15) is 0 Å². The van der Waals surface area contributed by atoms with Crippen LogP contribution in [0.3, 0.4) is 0 Å². The fourth-order valence-corrected chi connectivity index (χ4v) is 3.96. The topological polar surface area (TPSA) is 35.6 Å². The van der Waals surface area contributed by atoms with E-state index in [2.05, 4.69) is 46.3 Å². The van der Waals surface area contributed by atoms with Gasteiger partial charge in [-0.25, -0.2) is 0 Å². The number of benzene rings is 2. The molecule has 1 saturated heterocycles. The van der Waals surface area contributed by atoms with E-state index in [9.17, 15) is 4.79 Å². The molecular formula is C22H28ClN3O. The van der Waals surface area contributed by atoms with Crippen LogP contribution in [-0.4, -0.2) is 43.5 Å². The summed E-state index contributed by atoms with van der Waals surface area (Å²) in [6, 6.07) is 12.6. The first-order chi connectivity index (χ1) is 12.9. The van der Waals surface area contributed by atoms with Crippen molar-refractivity contribution in [3.05, 3.63) is 58.1 Å². The summed E-state index contributed by atoms with van der Waals surface area (Å²) in [4.78, 5) is 17.1. The van der Waals surface area contributed by atoms with Gasteiger partial charge in [-0.15, -0.1) is 0 Å². The van der Waals surface area contributed by atoms with E-state index in [4.69, 9.17) is 11.6 Å². The maximum Gasteiger partial charge on any atom is 0.225 e. The van der Waals surface area contributed by atoms with E-state index < -0.39 is 0 Å². The summed E-state index contributed by atoms with van der Waals surface area (Å²) in [5.41, 5.74) is 5.41. The minimum atomic E-state index is 0.0185. The predicted molar refractivity (Wildman–Crippen MR) is 114 cm³/mol. The van der Waals surface area contributed by atoms with Gasteiger partial charge in [0.25, 0.3) is 0 Å². The number of rotatable bonds is 5. The van der Waals surface area contributed by atoms with Crippen LogP contribution < -0.4 is 10.2 Å². The van der Waals surface area contributed by atoms with Crippen molar-refractivity contribution in [2.24, 2.45) is 0 Å². The monoisotopic (exact) mass is 385 g/mol. The van der Waals surface area contributed by atoms with Crippen LogP contribution in [0.2, 0.25) is 5.02 Å². The number of anilines is 2. The lowest BCUT2D eigenvalue weighted by molar-refractivity contribution is -0.116. The number of nitrogens with zero attached hydrogens (tertiary/aromatic N) is 2. The maximum atomic E-state index is 12.4. The van der Waals surface area contributed by atoms with Crippen molar-refractivity contribution in [3.63, 3.8) is 0 Å². The predicted octanol–water partition coefficient (Wildman–Crippen LogP) is 4.42. The van der Waals surface area contributed by atoms with E-state index >= 15 is 0 Å². The molecule has 1 N–H and O–H groups in total. The van der Waals surface area contributed by atoms with Gasteiger partial charge in [0.1, 0.15) is 0 Å². The average Bonchev–Trinajstić information content (AvgIpc) is 2.63. The van der Waals surface area contributed by atoms with Crippen LogP contribution in [0, 0.1) is 20.8 Å². The first-order valence-electron chi connectivity index (χ1n) is 9.53. The van der Waals surface area contributed by atoms with Gasteiger partial charge in [0.05, 0.1) is 10.7 Å². The van der Waals surface area contributed by atoms with Gasteiger partial charge in [-0.1, -0.05) is 29.8 Å². The minimum Gasteiger partial charge on any atom is -0.369 e. The Bertz CT molecular complexity index is 790. The number of piperazine rings is 1. The second-order valence-corrected chi connectivity index (χ2v) is 7.81. The Kier molecular flexibility index (Phi) is 6.40. The summed E-state index contributed by atoms with van der Waals surface area (Å²) in [6.07, 6.45) is 0.480. The van der Waals surface area contributed by atoms with Crippen LogP contribution in [0.4, 0.5) is 11.4 Å². The molecule has 0 atom stereocenters. The zero-order valence-electron chi connectivity index (χ0n) is 16.4. The molecule has 144 valence electrons. The maximum absolute atomic E-state index is 12.4. The number of hydrogen-bond acceptors (Lipinski definition) is 3. The molecule has 0 aromatic heterocycles. The highest BCUT2D eigenvalue weighted by Gasteiger charge is 2.18. The Labute approximate surface area is 167 Å². The quantitative estimate of drug-likeness (QED) is 0.827. The smallest absolute Gasteiger partial charge is 0.225 e. The Morgan fingerprint density at radius 3 is 2.44 bits per heavy atom. The molecule has 0 radical (unpaired) electrons. The van der Waals surface area contributed by atoms with Gasteiger partial charge in [0.15, 0.2) is 0 Å². The van der Waals surface area contributed by atoms with E-state index in [0.717, 1.165) is 49.5 Å². The number of nitrogens with one attached hydrogen (secondary N) is 1. The van der Waals surface area contributed by atoms with Gasteiger partial charge >= 0.3 is 0 Å². The van der Waals surface area contributed by atoms with Gasteiger partial charge in [-0.3, -0.25) is 9.69 Å². The van der Waals surface area contributed by atoms with Gasteiger partial charge in [0, 0.05) is 44.8 Å². The number of aryl methyl sites for hydroxylation is 3. The zero-order valence-corrected chi connectivity index (χ0v) is 17.1. The van der Waals surface area contributed by atoms with E-state index in [1.165, 1.54) is 11.3 Å². The van der Waals surface area contributed by atoms with Crippen molar-refractivity contribution in [1.82, 2.24) is 4.90 Å². The fraction of sp³-hybridized carbons (Fsp3) is 0.409. The van der Waals surface area contributed by atoms with Crippen LogP contribution >= 0.6 is 11.6 Å². The first kappa shape index (κ1) is 19.7. The molecule has 0 unspecified atom stereocenters. The Morgan fingerprint density at radius 2 is 1.78 bits per heavy atom. The number of hydrogen-bond donors (Lipinski definition) is 1.